The minimum absolute atomic E-state index is 0.0440. The molecule has 6 heteroatoms. The van der Waals surface area contributed by atoms with Gasteiger partial charge < -0.3 is 4.90 Å². The van der Waals surface area contributed by atoms with Crippen molar-refractivity contribution in [3.63, 3.8) is 0 Å². The van der Waals surface area contributed by atoms with Crippen LogP contribution in [0.3, 0.4) is 0 Å². The molecule has 1 aromatic heterocycles. The van der Waals surface area contributed by atoms with Gasteiger partial charge in [0.05, 0.1) is 11.3 Å². The molecule has 0 N–H and O–H groups in total. The minimum Gasteiger partial charge on any atom is -0.351 e. The van der Waals surface area contributed by atoms with Gasteiger partial charge in [-0.05, 0) is 18.6 Å². The molecule has 1 heterocycles. The van der Waals surface area contributed by atoms with Gasteiger partial charge >= 0.3 is 6.18 Å². The lowest BCUT2D eigenvalue weighted by Gasteiger charge is -2.25. The first-order valence-corrected chi connectivity index (χ1v) is 8.80. The van der Waals surface area contributed by atoms with E-state index in [0.29, 0.717) is 18.7 Å². The summed E-state index contributed by atoms with van der Waals surface area (Å²) in [6, 6.07) is 20.7. The van der Waals surface area contributed by atoms with E-state index in [1.165, 1.54) is 0 Å². The second kappa shape index (κ2) is 8.13. The summed E-state index contributed by atoms with van der Waals surface area (Å²) >= 11 is 0. The Hall–Kier alpha value is -3.33. The van der Waals surface area contributed by atoms with Crippen LogP contribution in [0, 0.1) is 11.3 Å². The monoisotopic (exact) mass is 381 g/mol. The number of nitrogens with zero attached hydrogens (tertiary/aromatic N) is 3. The van der Waals surface area contributed by atoms with E-state index in [1.54, 1.807) is 41.3 Å². The number of pyridine rings is 1. The number of aromatic nitrogens is 1. The third-order valence-electron chi connectivity index (χ3n) is 4.38. The van der Waals surface area contributed by atoms with E-state index in [-0.39, 0.29) is 11.5 Å². The van der Waals surface area contributed by atoms with Gasteiger partial charge in [-0.2, -0.15) is 18.4 Å². The van der Waals surface area contributed by atoms with Crippen molar-refractivity contribution < 1.29 is 13.2 Å². The molecular formula is C22H18F3N3. The van der Waals surface area contributed by atoms with Crippen LogP contribution in [0.4, 0.5) is 19.0 Å². The van der Waals surface area contributed by atoms with Crippen LogP contribution in [0.5, 0.6) is 0 Å². The van der Waals surface area contributed by atoms with E-state index in [2.05, 4.69) is 4.98 Å². The molecule has 0 saturated carbocycles. The quantitative estimate of drug-likeness (QED) is 0.572. The second-order valence-corrected chi connectivity index (χ2v) is 6.23. The maximum Gasteiger partial charge on any atom is 0.417 e. The number of benzene rings is 2. The van der Waals surface area contributed by atoms with E-state index in [4.69, 9.17) is 0 Å². The van der Waals surface area contributed by atoms with Gasteiger partial charge in [0, 0.05) is 18.7 Å². The van der Waals surface area contributed by atoms with Gasteiger partial charge in [0.15, 0.2) is 0 Å². The Morgan fingerprint density at radius 1 is 1.00 bits per heavy atom. The summed E-state index contributed by atoms with van der Waals surface area (Å²) in [5, 5.41) is 9.52. The molecule has 2 aromatic carbocycles. The molecule has 0 radical (unpaired) electrons. The predicted octanol–water partition coefficient (Wildman–Crippen LogP) is 5.67. The molecule has 0 bridgehead atoms. The van der Waals surface area contributed by atoms with Gasteiger partial charge in [0.2, 0.25) is 0 Å². The van der Waals surface area contributed by atoms with Crippen LogP contribution in [-0.2, 0) is 12.7 Å². The Kier molecular flexibility index (Phi) is 5.65. The third-order valence-corrected chi connectivity index (χ3v) is 4.38. The number of nitriles is 1. The number of hydrogen-bond acceptors (Lipinski definition) is 3. The molecule has 3 rings (SSSR count). The summed E-state index contributed by atoms with van der Waals surface area (Å²) in [7, 11) is 0. The smallest absolute Gasteiger partial charge is 0.351 e. The predicted molar refractivity (Wildman–Crippen MR) is 103 cm³/mol. The SMILES string of the molecule is CCN(Cc1ccccc1)c1nc(-c2ccccc2)cc(C(F)(F)F)c1C#N. The average Bonchev–Trinajstić information content (AvgIpc) is 2.71. The molecule has 142 valence electrons. The van der Waals surface area contributed by atoms with Crippen LogP contribution < -0.4 is 4.90 Å². The fourth-order valence-electron chi connectivity index (χ4n) is 2.99. The summed E-state index contributed by atoms with van der Waals surface area (Å²) in [5.74, 6) is 0.0440. The highest BCUT2D eigenvalue weighted by Gasteiger charge is 2.36. The molecule has 3 aromatic rings. The van der Waals surface area contributed by atoms with Crippen molar-refractivity contribution >= 4 is 5.82 Å². The van der Waals surface area contributed by atoms with E-state index in [0.717, 1.165) is 11.6 Å². The first kappa shape index (κ1) is 19.4. The van der Waals surface area contributed by atoms with Crippen LogP contribution >= 0.6 is 0 Å². The molecule has 0 aliphatic heterocycles. The van der Waals surface area contributed by atoms with E-state index in [9.17, 15) is 18.4 Å². The van der Waals surface area contributed by atoms with Crippen molar-refractivity contribution in [2.24, 2.45) is 0 Å². The molecule has 0 unspecified atom stereocenters. The molecule has 0 saturated heterocycles. The molecule has 0 amide bonds. The van der Waals surface area contributed by atoms with Crippen molar-refractivity contribution in [3.05, 3.63) is 83.4 Å². The fraction of sp³-hybridized carbons (Fsp3) is 0.182. The van der Waals surface area contributed by atoms with E-state index >= 15 is 0 Å². The Morgan fingerprint density at radius 3 is 2.14 bits per heavy atom. The summed E-state index contributed by atoms with van der Waals surface area (Å²) < 4.78 is 41.1. The maximum atomic E-state index is 13.7. The lowest BCUT2D eigenvalue weighted by Crippen LogP contribution is -2.25. The molecule has 0 fully saturated rings. The van der Waals surface area contributed by atoms with Crippen molar-refractivity contribution in [1.82, 2.24) is 4.98 Å². The largest absolute Gasteiger partial charge is 0.417 e. The van der Waals surface area contributed by atoms with Gasteiger partial charge in [0.25, 0.3) is 0 Å². The number of anilines is 1. The Bertz CT molecular complexity index is 978. The minimum atomic E-state index is -4.65. The van der Waals surface area contributed by atoms with E-state index in [1.807, 2.05) is 37.3 Å². The summed E-state index contributed by atoms with van der Waals surface area (Å²) in [5.41, 5.74) is 0.256. The zero-order chi connectivity index (χ0) is 20.1. The first-order chi connectivity index (χ1) is 13.4. The van der Waals surface area contributed by atoms with Gasteiger partial charge in [-0.1, -0.05) is 60.7 Å². The zero-order valence-electron chi connectivity index (χ0n) is 15.2. The Labute approximate surface area is 161 Å². The van der Waals surface area contributed by atoms with E-state index < -0.39 is 17.3 Å². The maximum absolute atomic E-state index is 13.7. The Morgan fingerprint density at radius 2 is 1.61 bits per heavy atom. The summed E-state index contributed by atoms with van der Waals surface area (Å²) in [4.78, 5) is 6.15. The number of halogens is 3. The van der Waals surface area contributed by atoms with Gasteiger partial charge in [0.1, 0.15) is 17.5 Å². The molecular weight excluding hydrogens is 363 g/mol. The number of alkyl halides is 3. The lowest BCUT2D eigenvalue weighted by molar-refractivity contribution is -0.137. The summed E-state index contributed by atoms with van der Waals surface area (Å²) in [6.07, 6.45) is -4.65. The molecule has 3 nitrogen and oxygen atoms in total. The highest BCUT2D eigenvalue weighted by atomic mass is 19.4. The third kappa shape index (κ3) is 4.15. The van der Waals surface area contributed by atoms with Crippen LogP contribution in [0.25, 0.3) is 11.3 Å². The van der Waals surface area contributed by atoms with Crippen molar-refractivity contribution in [2.75, 3.05) is 11.4 Å². The molecule has 0 aliphatic carbocycles. The van der Waals surface area contributed by atoms with Crippen molar-refractivity contribution in [2.45, 2.75) is 19.6 Å². The lowest BCUT2D eigenvalue weighted by atomic mass is 10.0. The molecule has 0 aliphatic rings. The molecule has 28 heavy (non-hydrogen) atoms. The second-order valence-electron chi connectivity index (χ2n) is 6.23. The highest BCUT2D eigenvalue weighted by Crippen LogP contribution is 2.38. The van der Waals surface area contributed by atoms with Crippen LogP contribution in [0.2, 0.25) is 0 Å². The highest BCUT2D eigenvalue weighted by molar-refractivity contribution is 5.68. The first-order valence-electron chi connectivity index (χ1n) is 8.80. The van der Waals surface area contributed by atoms with Gasteiger partial charge in [-0.25, -0.2) is 4.98 Å². The van der Waals surface area contributed by atoms with Crippen LogP contribution in [0.15, 0.2) is 66.7 Å². The topological polar surface area (TPSA) is 39.9 Å². The van der Waals surface area contributed by atoms with Crippen LogP contribution in [0.1, 0.15) is 23.6 Å². The Balaban J connectivity index is 2.18. The molecule has 0 atom stereocenters. The summed E-state index contributed by atoms with van der Waals surface area (Å²) in [6.45, 7) is 2.59. The van der Waals surface area contributed by atoms with Crippen molar-refractivity contribution in [1.29, 1.82) is 5.26 Å². The van der Waals surface area contributed by atoms with Crippen LogP contribution in [-0.4, -0.2) is 11.5 Å². The normalized spacial score (nSPS) is 11.1. The standard InChI is InChI=1S/C22H18F3N3/c1-2-28(15-16-9-5-3-6-10-16)21-18(14-26)19(22(23,24)25)13-20(27-21)17-11-7-4-8-12-17/h3-13H,2,15H2,1H3. The number of hydrogen-bond donors (Lipinski definition) is 0. The fourth-order valence-corrected chi connectivity index (χ4v) is 2.99. The average molecular weight is 381 g/mol. The van der Waals surface area contributed by atoms with Crippen molar-refractivity contribution in [3.8, 4) is 17.3 Å². The number of rotatable bonds is 5. The molecule has 0 spiro atoms. The van der Waals surface area contributed by atoms with Gasteiger partial charge in [-0.15, -0.1) is 0 Å². The zero-order valence-corrected chi connectivity index (χ0v) is 15.2. The van der Waals surface area contributed by atoms with Gasteiger partial charge in [-0.3, -0.25) is 0 Å².